The van der Waals surface area contributed by atoms with Gasteiger partial charge in [0.25, 0.3) is 0 Å². The molecule has 21 heavy (non-hydrogen) atoms. The smallest absolute Gasteiger partial charge is 0.354 e. The molecular formula is C17H13NO3. The molecule has 0 saturated carbocycles. The van der Waals surface area contributed by atoms with Crippen LogP contribution in [0.1, 0.15) is 17.4 Å². The van der Waals surface area contributed by atoms with Crippen molar-refractivity contribution < 1.29 is 13.9 Å². The van der Waals surface area contributed by atoms with Gasteiger partial charge in [0.1, 0.15) is 16.9 Å². The fourth-order valence-electron chi connectivity index (χ4n) is 2.73. The van der Waals surface area contributed by atoms with Gasteiger partial charge in [-0.3, -0.25) is 0 Å². The first-order valence-corrected chi connectivity index (χ1v) is 6.88. The predicted molar refractivity (Wildman–Crippen MR) is 81.5 cm³/mol. The zero-order valence-electron chi connectivity index (χ0n) is 11.5. The third-order valence-corrected chi connectivity index (χ3v) is 3.63. The van der Waals surface area contributed by atoms with Crippen LogP contribution in [0.3, 0.4) is 0 Å². The van der Waals surface area contributed by atoms with Crippen molar-refractivity contribution in [2.45, 2.75) is 6.92 Å². The summed E-state index contributed by atoms with van der Waals surface area (Å²) in [4.78, 5) is 15.0. The van der Waals surface area contributed by atoms with E-state index in [4.69, 9.17) is 9.15 Å². The van der Waals surface area contributed by atoms with Gasteiger partial charge in [-0.25, -0.2) is 4.79 Å². The van der Waals surface area contributed by atoms with E-state index < -0.39 is 0 Å². The molecule has 0 aliphatic rings. The average molecular weight is 279 g/mol. The van der Waals surface area contributed by atoms with E-state index >= 15 is 0 Å². The molecule has 2 heterocycles. The second-order valence-electron chi connectivity index (χ2n) is 4.90. The Kier molecular flexibility index (Phi) is 2.51. The van der Waals surface area contributed by atoms with Gasteiger partial charge >= 0.3 is 5.97 Å². The molecule has 0 radical (unpaired) electrons. The number of H-pyrrole nitrogens is 1. The number of para-hydroxylation sites is 1. The standard InChI is InChI=1S/C17H13NO3/c1-2-20-17(19)12-9-10-7-8-14-15(16(10)18-12)11-5-3-4-6-13(11)21-14/h3-9,18H,2H2,1H3. The second-order valence-corrected chi connectivity index (χ2v) is 4.90. The van der Waals surface area contributed by atoms with Crippen molar-refractivity contribution in [2.24, 2.45) is 0 Å². The monoisotopic (exact) mass is 279 g/mol. The first kappa shape index (κ1) is 12.0. The number of benzene rings is 2. The lowest BCUT2D eigenvalue weighted by atomic mass is 10.1. The summed E-state index contributed by atoms with van der Waals surface area (Å²) < 4.78 is 10.9. The van der Waals surface area contributed by atoms with Gasteiger partial charge in [0.05, 0.1) is 17.5 Å². The maximum Gasteiger partial charge on any atom is 0.354 e. The molecule has 0 atom stereocenters. The zero-order valence-corrected chi connectivity index (χ0v) is 11.5. The summed E-state index contributed by atoms with van der Waals surface area (Å²) >= 11 is 0. The first-order valence-electron chi connectivity index (χ1n) is 6.88. The van der Waals surface area contributed by atoms with Gasteiger partial charge in [-0.15, -0.1) is 0 Å². The number of nitrogens with one attached hydrogen (secondary N) is 1. The van der Waals surface area contributed by atoms with Crippen molar-refractivity contribution in [1.82, 2.24) is 4.98 Å². The Morgan fingerprint density at radius 2 is 2.05 bits per heavy atom. The summed E-state index contributed by atoms with van der Waals surface area (Å²) in [6, 6.07) is 13.6. The topological polar surface area (TPSA) is 55.2 Å². The van der Waals surface area contributed by atoms with Gasteiger partial charge in [-0.2, -0.15) is 0 Å². The summed E-state index contributed by atoms with van der Waals surface area (Å²) in [7, 11) is 0. The number of hydrogen-bond acceptors (Lipinski definition) is 3. The number of ether oxygens (including phenoxy) is 1. The maximum atomic E-state index is 11.9. The lowest BCUT2D eigenvalue weighted by Crippen LogP contribution is -2.04. The molecule has 4 rings (SSSR count). The van der Waals surface area contributed by atoms with E-state index in [2.05, 4.69) is 4.98 Å². The fourth-order valence-corrected chi connectivity index (χ4v) is 2.73. The van der Waals surface area contributed by atoms with Gasteiger partial charge in [0.15, 0.2) is 0 Å². The Morgan fingerprint density at radius 3 is 2.90 bits per heavy atom. The molecule has 0 fully saturated rings. The highest BCUT2D eigenvalue weighted by molar-refractivity contribution is 6.18. The Labute approximate surface area is 120 Å². The molecule has 4 nitrogen and oxygen atoms in total. The quantitative estimate of drug-likeness (QED) is 0.558. The molecule has 0 aliphatic heterocycles. The van der Waals surface area contributed by atoms with Crippen LogP contribution in [0.5, 0.6) is 0 Å². The number of aromatic amines is 1. The molecule has 2 aromatic heterocycles. The summed E-state index contributed by atoms with van der Waals surface area (Å²) in [5.74, 6) is -0.338. The van der Waals surface area contributed by atoms with Crippen molar-refractivity contribution in [3.8, 4) is 0 Å². The van der Waals surface area contributed by atoms with Crippen molar-refractivity contribution in [3.05, 3.63) is 48.2 Å². The molecule has 0 aliphatic carbocycles. The minimum absolute atomic E-state index is 0.338. The highest BCUT2D eigenvalue weighted by atomic mass is 16.5. The molecule has 0 spiro atoms. The van der Waals surface area contributed by atoms with Gasteiger partial charge in [-0.1, -0.05) is 18.2 Å². The Bertz CT molecular complexity index is 978. The molecule has 0 saturated heterocycles. The van der Waals surface area contributed by atoms with E-state index in [1.165, 1.54) is 0 Å². The van der Waals surface area contributed by atoms with E-state index in [0.717, 1.165) is 32.8 Å². The number of furan rings is 1. The highest BCUT2D eigenvalue weighted by Gasteiger charge is 2.15. The number of rotatable bonds is 2. The number of fused-ring (bicyclic) bond motifs is 5. The SMILES string of the molecule is CCOC(=O)c1cc2ccc3oc4ccccc4c3c2[nH]1. The van der Waals surface area contributed by atoms with Gasteiger partial charge in [0.2, 0.25) is 0 Å². The largest absolute Gasteiger partial charge is 0.461 e. The lowest BCUT2D eigenvalue weighted by Gasteiger charge is -1.97. The summed E-state index contributed by atoms with van der Waals surface area (Å²) in [5.41, 5.74) is 3.01. The molecular weight excluding hydrogens is 266 g/mol. The molecule has 0 bridgehead atoms. The molecule has 4 heteroatoms. The Balaban J connectivity index is 2.06. The van der Waals surface area contributed by atoms with Crippen molar-refractivity contribution in [1.29, 1.82) is 0 Å². The van der Waals surface area contributed by atoms with Crippen LogP contribution in [0.2, 0.25) is 0 Å². The van der Waals surface area contributed by atoms with Crippen molar-refractivity contribution >= 4 is 38.8 Å². The Morgan fingerprint density at radius 1 is 1.19 bits per heavy atom. The Hall–Kier alpha value is -2.75. The first-order chi connectivity index (χ1) is 10.3. The van der Waals surface area contributed by atoms with Crippen LogP contribution in [0, 0.1) is 0 Å². The molecule has 0 unspecified atom stereocenters. The maximum absolute atomic E-state index is 11.9. The predicted octanol–water partition coefficient (Wildman–Crippen LogP) is 4.24. The number of hydrogen-bond donors (Lipinski definition) is 1. The van der Waals surface area contributed by atoms with Gasteiger partial charge in [0, 0.05) is 10.8 Å². The fraction of sp³-hybridized carbons (Fsp3) is 0.118. The minimum Gasteiger partial charge on any atom is -0.461 e. The van der Waals surface area contributed by atoms with Crippen LogP contribution in [-0.2, 0) is 4.74 Å². The van der Waals surface area contributed by atoms with Crippen LogP contribution in [-0.4, -0.2) is 17.6 Å². The van der Waals surface area contributed by atoms with E-state index in [9.17, 15) is 4.79 Å². The van der Waals surface area contributed by atoms with Gasteiger partial charge in [-0.05, 0) is 31.2 Å². The van der Waals surface area contributed by atoms with E-state index in [1.54, 1.807) is 6.92 Å². The van der Waals surface area contributed by atoms with Crippen LogP contribution in [0.4, 0.5) is 0 Å². The van der Waals surface area contributed by atoms with Crippen LogP contribution in [0.25, 0.3) is 32.8 Å². The third-order valence-electron chi connectivity index (χ3n) is 3.63. The molecule has 1 N–H and O–H groups in total. The number of carbonyl (C=O) groups excluding carboxylic acids is 1. The van der Waals surface area contributed by atoms with E-state index in [0.29, 0.717) is 12.3 Å². The van der Waals surface area contributed by atoms with Crippen molar-refractivity contribution in [3.63, 3.8) is 0 Å². The molecule has 2 aromatic carbocycles. The normalized spacial score (nSPS) is 11.5. The van der Waals surface area contributed by atoms with E-state index in [-0.39, 0.29) is 5.97 Å². The number of esters is 1. The highest BCUT2D eigenvalue weighted by Crippen LogP contribution is 2.34. The van der Waals surface area contributed by atoms with Crippen LogP contribution < -0.4 is 0 Å². The van der Waals surface area contributed by atoms with Gasteiger partial charge < -0.3 is 14.1 Å². The second kappa shape index (κ2) is 4.38. The zero-order chi connectivity index (χ0) is 14.4. The minimum atomic E-state index is -0.338. The molecule has 0 amide bonds. The van der Waals surface area contributed by atoms with Crippen LogP contribution >= 0.6 is 0 Å². The molecule has 104 valence electrons. The van der Waals surface area contributed by atoms with E-state index in [1.807, 2.05) is 42.5 Å². The third kappa shape index (κ3) is 1.72. The average Bonchev–Trinajstić information content (AvgIpc) is 3.07. The van der Waals surface area contributed by atoms with Crippen LogP contribution in [0.15, 0.2) is 46.9 Å². The summed E-state index contributed by atoms with van der Waals surface area (Å²) in [6.07, 6.45) is 0. The number of aromatic nitrogens is 1. The molecule has 4 aromatic rings. The summed E-state index contributed by atoms with van der Waals surface area (Å²) in [6.45, 7) is 2.15. The lowest BCUT2D eigenvalue weighted by molar-refractivity contribution is 0.0520. The van der Waals surface area contributed by atoms with Crippen molar-refractivity contribution in [2.75, 3.05) is 6.61 Å². The number of carbonyl (C=O) groups is 1. The summed E-state index contributed by atoms with van der Waals surface area (Å²) in [5, 5.41) is 3.01.